The first-order valence-electron chi connectivity index (χ1n) is 7.25. The minimum absolute atomic E-state index is 0.691. The number of fused-ring (bicyclic) bond motifs is 1. The van der Waals surface area contributed by atoms with Crippen molar-refractivity contribution in [2.24, 2.45) is 0 Å². The summed E-state index contributed by atoms with van der Waals surface area (Å²) in [6, 6.07) is 9.92. The zero-order chi connectivity index (χ0) is 14.7. The highest BCUT2D eigenvalue weighted by molar-refractivity contribution is 5.85. The molecule has 3 rings (SSSR count). The van der Waals surface area contributed by atoms with E-state index in [0.29, 0.717) is 6.41 Å². The lowest BCUT2D eigenvalue weighted by molar-refractivity contribution is -0.105. The summed E-state index contributed by atoms with van der Waals surface area (Å²) in [6.45, 7) is 5.33. The number of piperazine rings is 1. The topological polar surface area (TPSA) is 48.5 Å². The molecule has 0 spiro atoms. The van der Waals surface area contributed by atoms with Gasteiger partial charge in [-0.2, -0.15) is 0 Å². The van der Waals surface area contributed by atoms with Gasteiger partial charge in [-0.05, 0) is 31.3 Å². The average molecular weight is 284 g/mol. The molecule has 0 saturated carbocycles. The predicted molar refractivity (Wildman–Crippen MR) is 84.2 cm³/mol. The Labute approximate surface area is 124 Å². The van der Waals surface area contributed by atoms with Gasteiger partial charge in [0.2, 0.25) is 6.41 Å². The molecule has 2 heterocycles. The number of likely N-dealkylation sites (N-methyl/N-ethyl adjacent to an activating group) is 1. The molecule has 0 radical (unpaired) electrons. The Morgan fingerprint density at radius 2 is 2.00 bits per heavy atom. The summed E-state index contributed by atoms with van der Waals surface area (Å²) in [5.74, 6) is 0. The molecule has 1 fully saturated rings. The number of hydrogen-bond acceptors (Lipinski definition) is 4. The molecular formula is C16H20N4O. The van der Waals surface area contributed by atoms with Crippen molar-refractivity contribution < 1.29 is 4.79 Å². The van der Waals surface area contributed by atoms with Crippen LogP contribution in [0.1, 0.15) is 5.69 Å². The molecule has 0 aliphatic carbocycles. The molecule has 2 aromatic rings. The summed E-state index contributed by atoms with van der Waals surface area (Å²) >= 11 is 0. The van der Waals surface area contributed by atoms with E-state index in [-0.39, 0.29) is 0 Å². The second-order valence-corrected chi connectivity index (χ2v) is 5.55. The number of nitrogens with one attached hydrogen (secondary N) is 1. The largest absolute Gasteiger partial charge is 0.329 e. The van der Waals surface area contributed by atoms with Crippen molar-refractivity contribution >= 4 is 23.0 Å². The van der Waals surface area contributed by atoms with Crippen LogP contribution in [0.15, 0.2) is 30.3 Å². The molecule has 5 nitrogen and oxygen atoms in total. The molecule has 21 heavy (non-hydrogen) atoms. The summed E-state index contributed by atoms with van der Waals surface area (Å²) in [4.78, 5) is 20.0. The lowest BCUT2D eigenvalue weighted by Gasteiger charge is -2.32. The van der Waals surface area contributed by atoms with Gasteiger partial charge in [-0.3, -0.25) is 14.7 Å². The van der Waals surface area contributed by atoms with E-state index in [1.165, 1.54) is 0 Å². The fourth-order valence-corrected chi connectivity index (χ4v) is 2.65. The summed E-state index contributed by atoms with van der Waals surface area (Å²) < 4.78 is 0. The van der Waals surface area contributed by atoms with Gasteiger partial charge < -0.3 is 10.2 Å². The Morgan fingerprint density at radius 3 is 2.76 bits per heavy atom. The molecule has 0 bridgehead atoms. The second kappa shape index (κ2) is 6.20. The van der Waals surface area contributed by atoms with Crippen molar-refractivity contribution in [3.05, 3.63) is 36.0 Å². The molecule has 0 unspecified atom stereocenters. The van der Waals surface area contributed by atoms with Crippen LogP contribution in [0.2, 0.25) is 0 Å². The van der Waals surface area contributed by atoms with E-state index in [9.17, 15) is 4.79 Å². The molecule has 1 N–H and O–H groups in total. The highest BCUT2D eigenvalue weighted by atomic mass is 16.1. The zero-order valence-corrected chi connectivity index (χ0v) is 12.2. The minimum atomic E-state index is 0.691. The zero-order valence-electron chi connectivity index (χ0n) is 12.2. The number of carbonyl (C=O) groups is 1. The van der Waals surface area contributed by atoms with Gasteiger partial charge in [-0.15, -0.1) is 0 Å². The van der Waals surface area contributed by atoms with Crippen LogP contribution in [-0.4, -0.2) is 54.4 Å². The Balaban J connectivity index is 1.75. The second-order valence-electron chi connectivity index (χ2n) is 5.55. The van der Waals surface area contributed by atoms with Crippen LogP contribution in [0.3, 0.4) is 0 Å². The maximum atomic E-state index is 10.5. The predicted octanol–water partition coefficient (Wildman–Crippen LogP) is 1.55. The normalized spacial score (nSPS) is 17.0. The lowest BCUT2D eigenvalue weighted by Crippen LogP contribution is -2.43. The van der Waals surface area contributed by atoms with E-state index in [1.807, 2.05) is 18.2 Å². The first kappa shape index (κ1) is 14.0. The average Bonchev–Trinajstić information content (AvgIpc) is 2.50. The van der Waals surface area contributed by atoms with Crippen LogP contribution in [0.25, 0.3) is 10.9 Å². The molecule has 1 saturated heterocycles. The maximum absolute atomic E-state index is 10.5. The fourth-order valence-electron chi connectivity index (χ4n) is 2.65. The highest BCUT2D eigenvalue weighted by Gasteiger charge is 2.14. The number of rotatable bonds is 4. The Hall–Kier alpha value is -1.98. The summed E-state index contributed by atoms with van der Waals surface area (Å²) in [5.41, 5.74) is 2.87. The highest BCUT2D eigenvalue weighted by Crippen LogP contribution is 2.18. The number of pyridine rings is 1. The molecule has 1 aromatic heterocycles. The van der Waals surface area contributed by atoms with E-state index in [4.69, 9.17) is 4.98 Å². The maximum Gasteiger partial charge on any atom is 0.211 e. The monoisotopic (exact) mass is 284 g/mol. The van der Waals surface area contributed by atoms with Crippen LogP contribution in [-0.2, 0) is 11.3 Å². The molecule has 1 amide bonds. The molecule has 1 aliphatic heterocycles. The van der Waals surface area contributed by atoms with Gasteiger partial charge in [0.25, 0.3) is 0 Å². The lowest BCUT2D eigenvalue weighted by atomic mass is 10.1. The molecule has 110 valence electrons. The number of aromatic nitrogens is 1. The molecule has 5 heteroatoms. The summed E-state index contributed by atoms with van der Waals surface area (Å²) in [5, 5.41) is 3.71. The smallest absolute Gasteiger partial charge is 0.211 e. The molecule has 1 aromatic carbocycles. The van der Waals surface area contributed by atoms with Gasteiger partial charge in [0.15, 0.2) is 0 Å². The molecule has 0 atom stereocenters. The van der Waals surface area contributed by atoms with E-state index >= 15 is 0 Å². The van der Waals surface area contributed by atoms with Gasteiger partial charge in [-0.1, -0.05) is 6.07 Å². The van der Waals surface area contributed by atoms with E-state index in [2.05, 4.69) is 34.3 Å². The first-order chi connectivity index (χ1) is 10.2. The van der Waals surface area contributed by atoms with Gasteiger partial charge >= 0.3 is 0 Å². The number of hydrogen-bond donors (Lipinski definition) is 1. The van der Waals surface area contributed by atoms with Crippen molar-refractivity contribution in [3.63, 3.8) is 0 Å². The van der Waals surface area contributed by atoms with Crippen molar-refractivity contribution in [3.8, 4) is 0 Å². The minimum Gasteiger partial charge on any atom is -0.329 e. The summed E-state index contributed by atoms with van der Waals surface area (Å²) in [7, 11) is 2.16. The van der Waals surface area contributed by atoms with Crippen LogP contribution in [0.4, 0.5) is 5.69 Å². The Kier molecular flexibility index (Phi) is 4.13. The van der Waals surface area contributed by atoms with E-state index in [1.54, 1.807) is 0 Å². The van der Waals surface area contributed by atoms with Crippen molar-refractivity contribution in [1.82, 2.24) is 14.8 Å². The quantitative estimate of drug-likeness (QED) is 0.866. The van der Waals surface area contributed by atoms with Gasteiger partial charge in [-0.25, -0.2) is 0 Å². The van der Waals surface area contributed by atoms with Crippen molar-refractivity contribution in [2.45, 2.75) is 6.54 Å². The van der Waals surface area contributed by atoms with Crippen LogP contribution in [0.5, 0.6) is 0 Å². The van der Waals surface area contributed by atoms with E-state index < -0.39 is 0 Å². The van der Waals surface area contributed by atoms with Crippen LogP contribution in [0, 0.1) is 0 Å². The van der Waals surface area contributed by atoms with Crippen LogP contribution >= 0.6 is 0 Å². The molecule has 1 aliphatic rings. The van der Waals surface area contributed by atoms with Gasteiger partial charge in [0.1, 0.15) is 0 Å². The number of benzene rings is 1. The third-order valence-electron chi connectivity index (χ3n) is 3.95. The Bertz CT molecular complexity index is 635. The number of anilines is 1. The van der Waals surface area contributed by atoms with Crippen LogP contribution < -0.4 is 5.32 Å². The standard InChI is InChI=1S/C16H20N4O/c1-19-6-8-20(9-7-19)11-15-3-2-13-10-14(17-12-21)4-5-16(13)18-15/h2-5,10,12H,6-9,11H2,1H3,(H,17,21). The number of carbonyl (C=O) groups excluding carboxylic acids is 1. The third-order valence-corrected chi connectivity index (χ3v) is 3.95. The number of nitrogens with zero attached hydrogens (tertiary/aromatic N) is 3. The first-order valence-corrected chi connectivity index (χ1v) is 7.25. The Morgan fingerprint density at radius 1 is 1.19 bits per heavy atom. The van der Waals surface area contributed by atoms with Gasteiger partial charge in [0, 0.05) is 43.8 Å². The third kappa shape index (κ3) is 3.37. The van der Waals surface area contributed by atoms with E-state index in [0.717, 1.165) is 55.0 Å². The molecular weight excluding hydrogens is 264 g/mol. The number of amides is 1. The fraction of sp³-hybridized carbons (Fsp3) is 0.375. The van der Waals surface area contributed by atoms with Crippen molar-refractivity contribution in [2.75, 3.05) is 38.5 Å². The van der Waals surface area contributed by atoms with Crippen molar-refractivity contribution in [1.29, 1.82) is 0 Å². The van der Waals surface area contributed by atoms with Gasteiger partial charge in [0.05, 0.1) is 11.2 Å². The SMILES string of the molecule is CN1CCN(Cc2ccc3cc(NC=O)ccc3n2)CC1. The summed E-state index contributed by atoms with van der Waals surface area (Å²) in [6.07, 6.45) is 0.691.